The van der Waals surface area contributed by atoms with E-state index in [1.807, 2.05) is 0 Å². The topological polar surface area (TPSA) is 37.4 Å². The number of hydrogen-bond acceptors (Lipinski definition) is 4. The number of nitrogens with zero attached hydrogens (tertiary/aromatic N) is 1. The third kappa shape index (κ3) is 1.93. The van der Waals surface area contributed by atoms with Crippen molar-refractivity contribution < 1.29 is 9.59 Å². The molecule has 0 bridgehead atoms. The van der Waals surface area contributed by atoms with Gasteiger partial charge in [0.15, 0.2) is 0 Å². The minimum Gasteiger partial charge on any atom is -0.299 e. The van der Waals surface area contributed by atoms with Gasteiger partial charge < -0.3 is 0 Å². The molecule has 0 aromatic rings. The maximum absolute atomic E-state index is 12.5. The van der Waals surface area contributed by atoms with Crippen molar-refractivity contribution in [3.8, 4) is 0 Å². The number of rotatable bonds is 1. The maximum Gasteiger partial charge on any atom is 0.238 e. The van der Waals surface area contributed by atoms with Crippen LogP contribution in [0.4, 0.5) is 0 Å². The second-order valence-electron chi connectivity index (χ2n) is 5.12. The van der Waals surface area contributed by atoms with Gasteiger partial charge in [0, 0.05) is 18.7 Å². The first-order valence-electron chi connectivity index (χ1n) is 6.34. The first-order chi connectivity index (χ1) is 8.68. The summed E-state index contributed by atoms with van der Waals surface area (Å²) in [4.78, 5) is 26.3. The third-order valence-electron chi connectivity index (χ3n) is 4.15. The summed E-state index contributed by atoms with van der Waals surface area (Å²) in [7, 11) is 0. The Morgan fingerprint density at radius 1 is 1.39 bits per heavy atom. The van der Waals surface area contributed by atoms with Gasteiger partial charge in [-0.05, 0) is 24.7 Å². The largest absolute Gasteiger partial charge is 0.299 e. The van der Waals surface area contributed by atoms with Gasteiger partial charge in [-0.15, -0.1) is 0 Å². The van der Waals surface area contributed by atoms with Crippen molar-refractivity contribution in [2.75, 3.05) is 12.3 Å². The average Bonchev–Trinajstić information content (AvgIpc) is 2.91. The van der Waals surface area contributed by atoms with E-state index in [1.54, 1.807) is 4.90 Å². The van der Waals surface area contributed by atoms with Gasteiger partial charge in [-0.25, -0.2) is 0 Å². The van der Waals surface area contributed by atoms with Crippen LogP contribution in [-0.4, -0.2) is 33.2 Å². The van der Waals surface area contributed by atoms with Crippen LogP contribution in [0.3, 0.4) is 0 Å². The summed E-state index contributed by atoms with van der Waals surface area (Å²) in [6.07, 6.45) is 6.62. The Kier molecular flexibility index (Phi) is 3.28. The molecule has 2 aliphatic carbocycles. The number of thioether (sulfide) groups is 1. The standard InChI is InChI=1S/C13H15NO2S2/c15-10-7-8-3-1-2-4-9(8)11(10)12(16)14-5-6-18-13(14)17/h1-2,8-9,11H,3-7H2. The molecule has 0 spiro atoms. The Hall–Kier alpha value is -0.680. The first-order valence-corrected chi connectivity index (χ1v) is 7.73. The van der Waals surface area contributed by atoms with E-state index in [2.05, 4.69) is 12.2 Å². The number of fused-ring (bicyclic) bond motifs is 1. The van der Waals surface area contributed by atoms with E-state index in [0.29, 0.717) is 23.2 Å². The van der Waals surface area contributed by atoms with Crippen LogP contribution < -0.4 is 0 Å². The number of carbonyl (C=O) groups excluding carboxylic acids is 2. The molecule has 5 heteroatoms. The molecule has 18 heavy (non-hydrogen) atoms. The highest BCUT2D eigenvalue weighted by atomic mass is 32.2. The van der Waals surface area contributed by atoms with E-state index in [-0.39, 0.29) is 17.6 Å². The quantitative estimate of drug-likeness (QED) is 0.419. The second kappa shape index (κ2) is 4.78. The Labute approximate surface area is 116 Å². The van der Waals surface area contributed by atoms with E-state index in [1.165, 1.54) is 11.8 Å². The third-order valence-corrected chi connectivity index (χ3v) is 5.58. The number of hydrogen-bond donors (Lipinski definition) is 0. The van der Waals surface area contributed by atoms with Gasteiger partial charge in [-0.2, -0.15) is 0 Å². The summed E-state index contributed by atoms with van der Waals surface area (Å²) in [6, 6.07) is 0. The van der Waals surface area contributed by atoms with E-state index in [0.717, 1.165) is 18.6 Å². The molecule has 3 atom stereocenters. The molecule has 3 rings (SSSR count). The highest BCUT2D eigenvalue weighted by Gasteiger charge is 2.48. The molecule has 0 radical (unpaired) electrons. The maximum atomic E-state index is 12.5. The van der Waals surface area contributed by atoms with Crippen molar-refractivity contribution in [1.29, 1.82) is 0 Å². The Morgan fingerprint density at radius 2 is 2.17 bits per heavy atom. The number of ketones is 1. The minimum absolute atomic E-state index is 0.0437. The van der Waals surface area contributed by atoms with Crippen molar-refractivity contribution in [1.82, 2.24) is 4.90 Å². The molecule has 1 saturated heterocycles. The van der Waals surface area contributed by atoms with E-state index in [9.17, 15) is 9.59 Å². The lowest BCUT2D eigenvalue weighted by Crippen LogP contribution is -2.40. The molecule has 0 N–H and O–H groups in total. The fraction of sp³-hybridized carbons (Fsp3) is 0.615. The molecule has 3 nitrogen and oxygen atoms in total. The summed E-state index contributed by atoms with van der Waals surface area (Å²) in [5.74, 6) is 1.09. The van der Waals surface area contributed by atoms with Gasteiger partial charge in [0.25, 0.3) is 0 Å². The summed E-state index contributed by atoms with van der Waals surface area (Å²) < 4.78 is 0.641. The predicted molar refractivity (Wildman–Crippen MR) is 75.2 cm³/mol. The number of amides is 1. The fourth-order valence-corrected chi connectivity index (χ4v) is 4.46. The van der Waals surface area contributed by atoms with Crippen LogP contribution in [0, 0.1) is 17.8 Å². The van der Waals surface area contributed by atoms with Gasteiger partial charge in [-0.3, -0.25) is 14.5 Å². The summed E-state index contributed by atoms with van der Waals surface area (Å²) in [5.41, 5.74) is 0. The number of carbonyl (C=O) groups is 2. The molecule has 0 aromatic heterocycles. The molecule has 1 amide bonds. The lowest BCUT2D eigenvalue weighted by atomic mass is 9.81. The van der Waals surface area contributed by atoms with Gasteiger partial charge in [0.05, 0.1) is 0 Å². The summed E-state index contributed by atoms with van der Waals surface area (Å²) in [5, 5.41) is 0. The molecule has 0 aromatic carbocycles. The molecule has 1 aliphatic heterocycles. The zero-order valence-corrected chi connectivity index (χ0v) is 11.6. The summed E-state index contributed by atoms with van der Waals surface area (Å²) in [6.45, 7) is 0.666. The van der Waals surface area contributed by atoms with E-state index < -0.39 is 5.92 Å². The Morgan fingerprint density at radius 3 is 2.89 bits per heavy atom. The number of Topliss-reactive ketones (excluding diaryl/α,β-unsaturated/α-hetero) is 1. The van der Waals surface area contributed by atoms with Crippen molar-refractivity contribution in [3.05, 3.63) is 12.2 Å². The van der Waals surface area contributed by atoms with Crippen LogP contribution in [-0.2, 0) is 9.59 Å². The second-order valence-corrected chi connectivity index (χ2v) is 6.85. The first kappa shape index (κ1) is 12.4. The van der Waals surface area contributed by atoms with Crippen LogP contribution in [0.15, 0.2) is 12.2 Å². The van der Waals surface area contributed by atoms with Crippen LogP contribution >= 0.6 is 24.0 Å². The molecule has 3 aliphatic rings. The Balaban J connectivity index is 1.82. The normalized spacial score (nSPS) is 35.1. The fourth-order valence-electron chi connectivity index (χ4n) is 3.24. The van der Waals surface area contributed by atoms with Gasteiger partial charge in [0.1, 0.15) is 16.0 Å². The van der Waals surface area contributed by atoms with Crippen molar-refractivity contribution in [2.45, 2.75) is 19.3 Å². The highest BCUT2D eigenvalue weighted by molar-refractivity contribution is 8.23. The monoisotopic (exact) mass is 281 g/mol. The minimum atomic E-state index is -0.434. The zero-order valence-electron chi connectivity index (χ0n) is 10.0. The smallest absolute Gasteiger partial charge is 0.238 e. The Bertz CT molecular complexity index is 446. The molecular formula is C13H15NO2S2. The van der Waals surface area contributed by atoms with Crippen molar-refractivity contribution in [2.24, 2.45) is 17.8 Å². The molecule has 2 fully saturated rings. The van der Waals surface area contributed by atoms with Crippen molar-refractivity contribution >= 4 is 40.0 Å². The molecule has 1 heterocycles. The van der Waals surface area contributed by atoms with Crippen molar-refractivity contribution in [3.63, 3.8) is 0 Å². The zero-order chi connectivity index (χ0) is 12.7. The number of allylic oxidation sites excluding steroid dienone is 2. The SMILES string of the molecule is O=C1CC2CC=CCC2C1C(=O)N1CCSC1=S. The average molecular weight is 281 g/mol. The van der Waals surface area contributed by atoms with E-state index in [4.69, 9.17) is 12.2 Å². The predicted octanol–water partition coefficient (Wildman–Crippen LogP) is 2.02. The lowest BCUT2D eigenvalue weighted by molar-refractivity contribution is -0.137. The molecule has 96 valence electrons. The molecule has 1 saturated carbocycles. The van der Waals surface area contributed by atoms with Crippen LogP contribution in [0.1, 0.15) is 19.3 Å². The molecule has 3 unspecified atom stereocenters. The van der Waals surface area contributed by atoms with Gasteiger partial charge >= 0.3 is 0 Å². The van der Waals surface area contributed by atoms with Crippen LogP contribution in [0.25, 0.3) is 0 Å². The van der Waals surface area contributed by atoms with E-state index >= 15 is 0 Å². The molecular weight excluding hydrogens is 266 g/mol. The van der Waals surface area contributed by atoms with Gasteiger partial charge in [0.2, 0.25) is 5.91 Å². The van der Waals surface area contributed by atoms with Crippen LogP contribution in [0.5, 0.6) is 0 Å². The van der Waals surface area contributed by atoms with Crippen LogP contribution in [0.2, 0.25) is 0 Å². The highest BCUT2D eigenvalue weighted by Crippen LogP contribution is 2.43. The van der Waals surface area contributed by atoms with Gasteiger partial charge in [-0.1, -0.05) is 36.1 Å². The number of thiocarbonyl (C=S) groups is 1. The lowest BCUT2D eigenvalue weighted by Gasteiger charge is -2.26. The summed E-state index contributed by atoms with van der Waals surface area (Å²) >= 11 is 6.71.